The molecular formula is C12H14N2O4S. The summed E-state index contributed by atoms with van der Waals surface area (Å²) in [6.45, 7) is -0.0615. The van der Waals surface area contributed by atoms with Crippen LogP contribution < -0.4 is 4.72 Å². The molecule has 19 heavy (non-hydrogen) atoms. The van der Waals surface area contributed by atoms with Crippen molar-refractivity contribution in [2.75, 3.05) is 6.54 Å². The Kier molecular flexibility index (Phi) is 4.31. The van der Waals surface area contributed by atoms with Gasteiger partial charge >= 0.3 is 0 Å². The molecule has 2 N–H and O–H groups in total. The van der Waals surface area contributed by atoms with Gasteiger partial charge in [-0.1, -0.05) is 0 Å². The normalized spacial score (nSPS) is 11.6. The number of hydrogen-bond acceptors (Lipinski definition) is 5. The molecule has 0 amide bonds. The van der Waals surface area contributed by atoms with Gasteiger partial charge in [-0.2, -0.15) is 0 Å². The van der Waals surface area contributed by atoms with Gasteiger partial charge in [0, 0.05) is 18.9 Å². The predicted molar refractivity (Wildman–Crippen MR) is 67.8 cm³/mol. The minimum Gasteiger partial charge on any atom is -0.446 e. The van der Waals surface area contributed by atoms with Gasteiger partial charge in [-0.05, 0) is 36.2 Å². The van der Waals surface area contributed by atoms with Crippen LogP contribution in [0.15, 0.2) is 46.2 Å². The number of sulfonamides is 1. The lowest BCUT2D eigenvalue weighted by molar-refractivity contribution is 0.236. The van der Waals surface area contributed by atoms with Crippen LogP contribution in [0.1, 0.15) is 11.3 Å². The molecule has 0 bridgehead atoms. The van der Waals surface area contributed by atoms with Crippen LogP contribution in [0, 0.1) is 0 Å². The zero-order valence-corrected chi connectivity index (χ0v) is 10.9. The number of aromatic nitrogens is 1. The summed E-state index contributed by atoms with van der Waals surface area (Å²) in [5, 5.41) is 8.64. The molecule has 0 atom stereocenters. The van der Waals surface area contributed by atoms with Crippen molar-refractivity contribution < 1.29 is 17.9 Å². The Morgan fingerprint density at radius 3 is 2.58 bits per heavy atom. The fraction of sp³-hybridized carbons (Fsp3) is 0.250. The number of aliphatic hydroxyl groups excluding tert-OH is 1. The maximum atomic E-state index is 11.9. The Bertz CT molecular complexity index is 622. The molecule has 2 aromatic heterocycles. The Hall–Kier alpha value is -1.70. The maximum Gasteiger partial charge on any atom is 0.273 e. The Labute approximate surface area is 111 Å². The van der Waals surface area contributed by atoms with Crippen molar-refractivity contribution in [2.45, 2.75) is 18.1 Å². The quantitative estimate of drug-likeness (QED) is 0.813. The van der Waals surface area contributed by atoms with Crippen LogP contribution in [-0.4, -0.2) is 25.1 Å². The molecule has 7 heteroatoms. The number of hydrogen-bond donors (Lipinski definition) is 2. The summed E-state index contributed by atoms with van der Waals surface area (Å²) in [5.74, 6) is 0.217. The fourth-order valence-electron chi connectivity index (χ4n) is 1.54. The minimum atomic E-state index is -3.66. The van der Waals surface area contributed by atoms with Gasteiger partial charge in [-0.15, -0.1) is 0 Å². The largest absolute Gasteiger partial charge is 0.446 e. The van der Waals surface area contributed by atoms with Crippen molar-refractivity contribution in [1.29, 1.82) is 0 Å². The van der Waals surface area contributed by atoms with E-state index in [4.69, 9.17) is 9.52 Å². The summed E-state index contributed by atoms with van der Waals surface area (Å²) < 4.78 is 31.1. The van der Waals surface area contributed by atoms with Crippen molar-refractivity contribution in [3.63, 3.8) is 0 Å². The predicted octanol–water partition coefficient (Wildman–Crippen LogP) is 0.688. The maximum absolute atomic E-state index is 11.9. The monoisotopic (exact) mass is 282 g/mol. The van der Waals surface area contributed by atoms with Crippen LogP contribution in [0.3, 0.4) is 0 Å². The average molecular weight is 282 g/mol. The summed E-state index contributed by atoms with van der Waals surface area (Å²) in [6, 6.07) is 6.40. The molecule has 0 aliphatic rings. The molecule has 102 valence electrons. The highest BCUT2D eigenvalue weighted by Gasteiger charge is 2.17. The standard InChI is InChI=1S/C12H14N2O4S/c15-9-11-1-2-12(18-11)19(16,17)14-8-5-10-3-6-13-7-4-10/h1-4,6-7,14-15H,5,8-9H2. The molecule has 0 radical (unpaired) electrons. The van der Waals surface area contributed by atoms with Gasteiger partial charge in [0.25, 0.3) is 10.0 Å². The summed E-state index contributed by atoms with van der Waals surface area (Å²) in [4.78, 5) is 3.88. The first-order valence-electron chi connectivity index (χ1n) is 5.70. The van der Waals surface area contributed by atoms with Gasteiger partial charge in [0.1, 0.15) is 12.4 Å². The van der Waals surface area contributed by atoms with E-state index in [0.29, 0.717) is 6.42 Å². The molecule has 0 fully saturated rings. The number of furan rings is 1. The molecule has 0 aliphatic carbocycles. The molecule has 0 aliphatic heterocycles. The van der Waals surface area contributed by atoms with E-state index in [1.54, 1.807) is 12.4 Å². The Balaban J connectivity index is 1.94. The zero-order valence-electron chi connectivity index (χ0n) is 10.1. The molecule has 0 saturated carbocycles. The van der Waals surface area contributed by atoms with Crippen molar-refractivity contribution in [3.8, 4) is 0 Å². The van der Waals surface area contributed by atoms with E-state index in [-0.39, 0.29) is 24.0 Å². The van der Waals surface area contributed by atoms with Crippen molar-refractivity contribution >= 4 is 10.0 Å². The first kappa shape index (κ1) is 13.7. The van der Waals surface area contributed by atoms with E-state index in [1.807, 2.05) is 12.1 Å². The lowest BCUT2D eigenvalue weighted by atomic mass is 10.2. The summed E-state index contributed by atoms with van der Waals surface area (Å²) in [5.41, 5.74) is 0.994. The van der Waals surface area contributed by atoms with Crippen molar-refractivity contribution in [1.82, 2.24) is 9.71 Å². The second kappa shape index (κ2) is 5.96. The lowest BCUT2D eigenvalue weighted by Gasteiger charge is -2.04. The zero-order chi connectivity index (χ0) is 13.7. The third kappa shape index (κ3) is 3.63. The van der Waals surface area contributed by atoms with Gasteiger partial charge in [0.05, 0.1) is 0 Å². The molecule has 0 unspecified atom stereocenters. The number of nitrogens with one attached hydrogen (secondary N) is 1. The molecular weight excluding hydrogens is 268 g/mol. The average Bonchev–Trinajstić information content (AvgIpc) is 2.89. The SMILES string of the molecule is O=S(=O)(NCCc1ccncc1)c1ccc(CO)o1. The van der Waals surface area contributed by atoms with Gasteiger partial charge in [-0.25, -0.2) is 13.1 Å². The van der Waals surface area contributed by atoms with Gasteiger partial charge in [-0.3, -0.25) is 4.98 Å². The Morgan fingerprint density at radius 2 is 1.95 bits per heavy atom. The van der Waals surface area contributed by atoms with Crippen molar-refractivity contribution in [3.05, 3.63) is 48.0 Å². The van der Waals surface area contributed by atoms with E-state index in [0.717, 1.165) is 5.56 Å². The molecule has 2 rings (SSSR count). The second-order valence-corrected chi connectivity index (χ2v) is 5.58. The molecule has 0 aromatic carbocycles. The highest BCUT2D eigenvalue weighted by Crippen LogP contribution is 2.13. The minimum absolute atomic E-state index is 0.189. The van der Waals surface area contributed by atoms with E-state index in [9.17, 15) is 8.42 Å². The van der Waals surface area contributed by atoms with Crippen LogP contribution in [0.4, 0.5) is 0 Å². The number of rotatable bonds is 6. The number of nitrogens with zero attached hydrogens (tertiary/aromatic N) is 1. The number of pyridine rings is 1. The second-order valence-electron chi connectivity index (χ2n) is 3.88. The van der Waals surface area contributed by atoms with E-state index in [1.165, 1.54) is 12.1 Å². The topological polar surface area (TPSA) is 92.4 Å². The molecule has 0 spiro atoms. The molecule has 6 nitrogen and oxygen atoms in total. The molecule has 2 heterocycles. The first-order valence-corrected chi connectivity index (χ1v) is 7.18. The summed E-state index contributed by atoms with van der Waals surface area (Å²) in [7, 11) is -3.66. The summed E-state index contributed by atoms with van der Waals surface area (Å²) >= 11 is 0. The lowest BCUT2D eigenvalue weighted by Crippen LogP contribution is -2.25. The summed E-state index contributed by atoms with van der Waals surface area (Å²) in [6.07, 6.45) is 3.88. The van der Waals surface area contributed by atoms with Crippen LogP contribution in [0.5, 0.6) is 0 Å². The van der Waals surface area contributed by atoms with Gasteiger partial charge in [0.15, 0.2) is 0 Å². The fourth-order valence-corrected chi connectivity index (χ4v) is 2.51. The van der Waals surface area contributed by atoms with E-state index >= 15 is 0 Å². The molecule has 2 aromatic rings. The van der Waals surface area contributed by atoms with Crippen LogP contribution in [-0.2, 0) is 23.1 Å². The highest BCUT2D eigenvalue weighted by atomic mass is 32.2. The van der Waals surface area contributed by atoms with Crippen LogP contribution in [0.2, 0.25) is 0 Å². The van der Waals surface area contributed by atoms with Crippen LogP contribution in [0.25, 0.3) is 0 Å². The van der Waals surface area contributed by atoms with E-state index < -0.39 is 10.0 Å². The highest BCUT2D eigenvalue weighted by molar-refractivity contribution is 7.89. The number of aliphatic hydroxyl groups is 1. The van der Waals surface area contributed by atoms with Gasteiger partial charge in [0.2, 0.25) is 5.09 Å². The van der Waals surface area contributed by atoms with Crippen molar-refractivity contribution in [2.24, 2.45) is 0 Å². The third-order valence-electron chi connectivity index (χ3n) is 2.51. The third-order valence-corrected chi connectivity index (χ3v) is 3.85. The molecule has 0 saturated heterocycles. The van der Waals surface area contributed by atoms with E-state index in [2.05, 4.69) is 9.71 Å². The smallest absolute Gasteiger partial charge is 0.273 e. The Morgan fingerprint density at radius 1 is 1.21 bits per heavy atom. The van der Waals surface area contributed by atoms with Crippen LogP contribution >= 0.6 is 0 Å². The first-order chi connectivity index (χ1) is 9.12. The van der Waals surface area contributed by atoms with Gasteiger partial charge < -0.3 is 9.52 Å².